The molecule has 2 aromatic rings. The fourth-order valence-electron chi connectivity index (χ4n) is 3.70. The van der Waals surface area contributed by atoms with Gasteiger partial charge in [-0.05, 0) is 56.4 Å². The molecule has 3 heterocycles. The molecule has 0 radical (unpaired) electrons. The lowest BCUT2D eigenvalue weighted by Gasteiger charge is -2.52. The summed E-state index contributed by atoms with van der Waals surface area (Å²) >= 11 is 0. The Kier molecular flexibility index (Phi) is 3.48. The Bertz CT molecular complexity index is 717. The van der Waals surface area contributed by atoms with Crippen molar-refractivity contribution < 1.29 is 4.79 Å². The average Bonchev–Trinajstić information content (AvgIpc) is 2.58. The first-order valence-corrected chi connectivity index (χ1v) is 8.20. The number of hydrogen-bond donors (Lipinski definition) is 1. The molecule has 118 valence electrons. The first kappa shape index (κ1) is 14.2. The highest BCUT2D eigenvalue weighted by Crippen LogP contribution is 2.38. The van der Waals surface area contributed by atoms with Crippen molar-refractivity contribution in [1.29, 1.82) is 0 Å². The number of aryl methyl sites for hydroxylation is 1. The van der Waals surface area contributed by atoms with Crippen LogP contribution in [-0.4, -0.2) is 33.0 Å². The molecule has 1 aromatic carbocycles. The number of carbonyl (C=O) groups is 1. The number of urea groups is 1. The maximum Gasteiger partial charge on any atom is 0.322 e. The van der Waals surface area contributed by atoms with E-state index >= 15 is 0 Å². The van der Waals surface area contributed by atoms with Gasteiger partial charge in [-0.3, -0.25) is 0 Å². The van der Waals surface area contributed by atoms with Crippen LogP contribution in [0.3, 0.4) is 0 Å². The minimum absolute atomic E-state index is 0.0229. The first-order valence-electron chi connectivity index (χ1n) is 8.20. The molecule has 2 aliphatic rings. The second-order valence-electron chi connectivity index (χ2n) is 6.41. The van der Waals surface area contributed by atoms with Crippen molar-refractivity contribution >= 4 is 11.7 Å². The number of rotatable bonds is 2. The summed E-state index contributed by atoms with van der Waals surface area (Å²) in [6.45, 7) is 2.02. The third kappa shape index (κ3) is 2.56. The normalized spacial score (nSPS) is 22.4. The maximum absolute atomic E-state index is 12.5. The van der Waals surface area contributed by atoms with Crippen LogP contribution in [0.15, 0.2) is 36.7 Å². The summed E-state index contributed by atoms with van der Waals surface area (Å²) in [7, 11) is 0. The van der Waals surface area contributed by atoms with E-state index in [2.05, 4.69) is 15.3 Å². The number of aromatic nitrogens is 2. The minimum Gasteiger partial charge on any atom is -0.318 e. The van der Waals surface area contributed by atoms with Crippen LogP contribution in [0.25, 0.3) is 11.4 Å². The molecule has 0 aliphatic carbocycles. The topological polar surface area (TPSA) is 58.1 Å². The monoisotopic (exact) mass is 308 g/mol. The smallest absolute Gasteiger partial charge is 0.318 e. The molecule has 5 heteroatoms. The van der Waals surface area contributed by atoms with Gasteiger partial charge in [-0.15, -0.1) is 0 Å². The van der Waals surface area contributed by atoms with Crippen molar-refractivity contribution in [3.05, 3.63) is 42.2 Å². The summed E-state index contributed by atoms with van der Waals surface area (Å²) in [6, 6.07) is 8.60. The lowest BCUT2D eigenvalue weighted by atomic mass is 9.80. The van der Waals surface area contributed by atoms with Crippen LogP contribution in [0.2, 0.25) is 0 Å². The van der Waals surface area contributed by atoms with Gasteiger partial charge in [0, 0.05) is 35.7 Å². The molecule has 4 rings (SSSR count). The Morgan fingerprint density at radius 3 is 2.65 bits per heavy atom. The second-order valence-corrected chi connectivity index (χ2v) is 6.41. The van der Waals surface area contributed by atoms with Gasteiger partial charge in [0.25, 0.3) is 0 Å². The zero-order valence-electron chi connectivity index (χ0n) is 13.2. The molecule has 0 spiro atoms. The van der Waals surface area contributed by atoms with Crippen molar-refractivity contribution in [2.75, 3.05) is 5.32 Å². The lowest BCUT2D eigenvalue weighted by molar-refractivity contribution is 0.0173. The largest absolute Gasteiger partial charge is 0.322 e. The van der Waals surface area contributed by atoms with Crippen LogP contribution < -0.4 is 5.32 Å². The van der Waals surface area contributed by atoms with Crippen molar-refractivity contribution in [2.45, 2.75) is 44.7 Å². The zero-order chi connectivity index (χ0) is 15.8. The highest BCUT2D eigenvalue weighted by Gasteiger charge is 2.44. The van der Waals surface area contributed by atoms with Crippen molar-refractivity contribution in [3.8, 4) is 11.4 Å². The summed E-state index contributed by atoms with van der Waals surface area (Å²) in [4.78, 5) is 23.2. The van der Waals surface area contributed by atoms with Gasteiger partial charge in [0.1, 0.15) is 0 Å². The highest BCUT2D eigenvalue weighted by atomic mass is 16.2. The number of fused-ring (bicyclic) bond motifs is 2. The molecule has 2 amide bonds. The van der Waals surface area contributed by atoms with E-state index in [0.717, 1.165) is 29.7 Å². The molecule has 0 saturated carbocycles. The SMILES string of the molecule is Cc1ccc(NC(=O)N2C3CCCC2C3)cc1-c1ncccn1. The van der Waals surface area contributed by atoms with E-state index in [1.165, 1.54) is 12.8 Å². The number of hydrogen-bond acceptors (Lipinski definition) is 3. The summed E-state index contributed by atoms with van der Waals surface area (Å²) < 4.78 is 0. The summed E-state index contributed by atoms with van der Waals surface area (Å²) in [5.74, 6) is 0.682. The fourth-order valence-corrected chi connectivity index (χ4v) is 3.70. The Balaban J connectivity index is 1.55. The van der Waals surface area contributed by atoms with Gasteiger partial charge in [0.05, 0.1) is 0 Å². The van der Waals surface area contributed by atoms with E-state index in [-0.39, 0.29) is 6.03 Å². The first-order chi connectivity index (χ1) is 11.2. The van der Waals surface area contributed by atoms with Gasteiger partial charge >= 0.3 is 6.03 Å². The van der Waals surface area contributed by atoms with Crippen LogP contribution in [0.1, 0.15) is 31.2 Å². The number of benzene rings is 1. The van der Waals surface area contributed by atoms with Crippen molar-refractivity contribution in [3.63, 3.8) is 0 Å². The number of piperidine rings is 1. The van der Waals surface area contributed by atoms with Crippen LogP contribution >= 0.6 is 0 Å². The molecule has 2 unspecified atom stereocenters. The molecule has 23 heavy (non-hydrogen) atoms. The summed E-state index contributed by atoms with van der Waals surface area (Å²) in [5, 5.41) is 3.04. The minimum atomic E-state index is 0.0229. The predicted octanol–water partition coefficient (Wildman–Crippen LogP) is 3.61. The number of nitrogens with one attached hydrogen (secondary N) is 1. The Labute approximate surface area is 135 Å². The van der Waals surface area contributed by atoms with E-state index < -0.39 is 0 Å². The van der Waals surface area contributed by atoms with Gasteiger partial charge < -0.3 is 10.2 Å². The third-order valence-corrected chi connectivity index (χ3v) is 4.94. The molecular formula is C18H20N4O. The standard InChI is InChI=1S/C18H20N4O/c1-12-6-7-13(10-16(12)17-19-8-3-9-20-17)21-18(23)22-14-4-2-5-15(22)11-14/h3,6-10,14-15H,2,4-5,11H2,1H3,(H,21,23). The molecule has 2 bridgehead atoms. The zero-order valence-corrected chi connectivity index (χ0v) is 13.2. The quantitative estimate of drug-likeness (QED) is 0.922. The summed E-state index contributed by atoms with van der Waals surface area (Å²) in [5.41, 5.74) is 2.84. The van der Waals surface area contributed by atoms with Crippen molar-refractivity contribution in [2.24, 2.45) is 0 Å². The van der Waals surface area contributed by atoms with Crippen LogP contribution in [0.4, 0.5) is 10.5 Å². The number of nitrogens with zero attached hydrogens (tertiary/aromatic N) is 3. The Morgan fingerprint density at radius 1 is 1.22 bits per heavy atom. The van der Waals surface area contributed by atoms with Gasteiger partial charge in [-0.2, -0.15) is 0 Å². The predicted molar refractivity (Wildman–Crippen MR) is 89.1 cm³/mol. The summed E-state index contributed by atoms with van der Waals surface area (Å²) in [6.07, 6.45) is 8.16. The molecule has 2 atom stereocenters. The van der Waals surface area contributed by atoms with Crippen molar-refractivity contribution in [1.82, 2.24) is 14.9 Å². The van der Waals surface area contributed by atoms with Crippen LogP contribution in [0.5, 0.6) is 0 Å². The molecule has 1 N–H and O–H groups in total. The van der Waals surface area contributed by atoms with E-state index in [0.29, 0.717) is 17.9 Å². The van der Waals surface area contributed by atoms with Crippen LogP contribution in [0, 0.1) is 6.92 Å². The van der Waals surface area contributed by atoms with Crippen LogP contribution in [-0.2, 0) is 0 Å². The third-order valence-electron chi connectivity index (χ3n) is 4.94. The molecule has 1 aromatic heterocycles. The van der Waals surface area contributed by atoms with Gasteiger partial charge in [-0.25, -0.2) is 14.8 Å². The molecule has 5 nitrogen and oxygen atoms in total. The molecule has 2 saturated heterocycles. The Morgan fingerprint density at radius 2 is 1.96 bits per heavy atom. The highest BCUT2D eigenvalue weighted by molar-refractivity contribution is 5.91. The van der Waals surface area contributed by atoms with Gasteiger partial charge in [0.15, 0.2) is 5.82 Å². The van der Waals surface area contributed by atoms with E-state index in [4.69, 9.17) is 0 Å². The second kappa shape index (κ2) is 5.65. The number of anilines is 1. The lowest BCUT2D eigenvalue weighted by Crippen LogP contribution is -2.62. The van der Waals surface area contributed by atoms with Gasteiger partial charge in [0.2, 0.25) is 0 Å². The number of amides is 2. The molecular weight excluding hydrogens is 288 g/mol. The van der Waals surface area contributed by atoms with E-state index in [1.807, 2.05) is 30.0 Å². The average molecular weight is 308 g/mol. The van der Waals surface area contributed by atoms with Gasteiger partial charge in [-0.1, -0.05) is 6.07 Å². The fraction of sp³-hybridized carbons (Fsp3) is 0.389. The maximum atomic E-state index is 12.5. The number of carbonyl (C=O) groups excluding carboxylic acids is 1. The van der Waals surface area contributed by atoms with E-state index in [9.17, 15) is 4.79 Å². The Hall–Kier alpha value is -2.43. The molecule has 2 fully saturated rings. The molecule has 2 aliphatic heterocycles. The van der Waals surface area contributed by atoms with E-state index in [1.54, 1.807) is 18.5 Å².